The highest BCUT2D eigenvalue weighted by Crippen LogP contribution is 2.48. The predicted molar refractivity (Wildman–Crippen MR) is 140 cm³/mol. The molecule has 8 nitrogen and oxygen atoms in total. The van der Waals surface area contributed by atoms with E-state index in [1.54, 1.807) is 6.07 Å². The number of aliphatic hydroxyl groups is 1. The van der Waals surface area contributed by atoms with Crippen LogP contribution in [0.25, 0.3) is 0 Å². The van der Waals surface area contributed by atoms with Gasteiger partial charge in [0, 0.05) is 37.7 Å². The van der Waals surface area contributed by atoms with E-state index < -0.39 is 18.0 Å². The van der Waals surface area contributed by atoms with E-state index in [9.17, 15) is 14.3 Å². The second kappa shape index (κ2) is 10.3. The number of nitrogens with zero attached hydrogens (tertiary/aromatic N) is 1. The molecule has 1 saturated carbocycles. The number of benzene rings is 1. The number of amides is 1. The summed E-state index contributed by atoms with van der Waals surface area (Å²) < 4.78 is 31.3. The molecule has 1 spiro atoms. The third-order valence-corrected chi connectivity index (χ3v) is 7.57. The van der Waals surface area contributed by atoms with Gasteiger partial charge >= 0.3 is 0 Å². The van der Waals surface area contributed by atoms with Crippen LogP contribution < -0.4 is 24.8 Å². The molecule has 3 heterocycles. The van der Waals surface area contributed by atoms with Crippen molar-refractivity contribution in [3.63, 3.8) is 0 Å². The fourth-order valence-electron chi connectivity index (χ4n) is 5.69. The summed E-state index contributed by atoms with van der Waals surface area (Å²) in [7, 11) is 0. The van der Waals surface area contributed by atoms with Gasteiger partial charge in [0.05, 0.1) is 12.1 Å². The highest BCUT2D eigenvalue weighted by atomic mass is 19.1. The second-order valence-electron chi connectivity index (χ2n) is 12.2. The lowest BCUT2D eigenvalue weighted by Gasteiger charge is -2.47. The molecule has 1 fully saturated rings. The van der Waals surface area contributed by atoms with E-state index in [1.165, 1.54) is 13.0 Å². The van der Waals surface area contributed by atoms with Gasteiger partial charge in [0.2, 0.25) is 24.3 Å². The molecule has 5 rings (SSSR count). The van der Waals surface area contributed by atoms with E-state index in [1.807, 2.05) is 6.20 Å². The van der Waals surface area contributed by atoms with Crippen LogP contribution in [-0.2, 0) is 17.6 Å². The van der Waals surface area contributed by atoms with Crippen molar-refractivity contribution in [2.45, 2.75) is 90.0 Å². The molecule has 0 radical (unpaired) electrons. The Morgan fingerprint density at radius 3 is 2.71 bits per heavy atom. The summed E-state index contributed by atoms with van der Waals surface area (Å²) in [5, 5.41) is 17.6. The van der Waals surface area contributed by atoms with E-state index in [0.29, 0.717) is 17.2 Å². The fraction of sp³-hybridized carbons (Fsp3) is 0.586. The first-order valence-electron chi connectivity index (χ1n) is 13.4. The van der Waals surface area contributed by atoms with E-state index in [2.05, 4.69) is 42.5 Å². The maximum atomic E-state index is 14.5. The monoisotopic (exact) mass is 527 g/mol. The van der Waals surface area contributed by atoms with Crippen molar-refractivity contribution >= 4 is 5.91 Å². The number of fused-ring (bicyclic) bond motifs is 2. The first-order valence-corrected chi connectivity index (χ1v) is 13.4. The molecular weight excluding hydrogens is 489 g/mol. The molecule has 3 N–H and O–H groups in total. The number of nitrogens with one attached hydrogen (secondary N) is 2. The fourth-order valence-corrected chi connectivity index (χ4v) is 5.69. The molecule has 0 saturated heterocycles. The van der Waals surface area contributed by atoms with Crippen molar-refractivity contribution < 1.29 is 28.5 Å². The zero-order valence-corrected chi connectivity index (χ0v) is 22.6. The number of pyridine rings is 1. The van der Waals surface area contributed by atoms with Gasteiger partial charge in [-0.25, -0.2) is 9.37 Å². The van der Waals surface area contributed by atoms with Gasteiger partial charge in [-0.1, -0.05) is 20.8 Å². The molecule has 3 atom stereocenters. The Bertz CT molecular complexity index is 1190. The summed E-state index contributed by atoms with van der Waals surface area (Å²) in [5.41, 5.74) is 2.67. The highest BCUT2D eigenvalue weighted by molar-refractivity contribution is 5.73. The van der Waals surface area contributed by atoms with E-state index in [-0.39, 0.29) is 48.5 Å². The summed E-state index contributed by atoms with van der Waals surface area (Å²) >= 11 is 0. The van der Waals surface area contributed by atoms with Crippen LogP contribution in [0.4, 0.5) is 4.39 Å². The number of carbonyl (C=O) groups is 1. The topological polar surface area (TPSA) is 102 Å². The molecule has 1 aliphatic carbocycles. The Morgan fingerprint density at radius 2 is 2.03 bits per heavy atom. The number of ether oxygens (including phenoxy) is 3. The van der Waals surface area contributed by atoms with Crippen LogP contribution in [0, 0.1) is 11.2 Å². The van der Waals surface area contributed by atoms with E-state index in [0.717, 1.165) is 43.2 Å². The lowest BCUT2D eigenvalue weighted by Crippen LogP contribution is -2.52. The number of hydrogen-bond donors (Lipinski definition) is 3. The molecule has 38 heavy (non-hydrogen) atoms. The molecule has 0 unspecified atom stereocenters. The summed E-state index contributed by atoms with van der Waals surface area (Å²) in [6.45, 7) is 8.22. The van der Waals surface area contributed by atoms with Crippen LogP contribution >= 0.6 is 0 Å². The van der Waals surface area contributed by atoms with Crippen LogP contribution in [0.3, 0.4) is 0 Å². The van der Waals surface area contributed by atoms with Crippen LogP contribution in [0.2, 0.25) is 0 Å². The zero-order chi connectivity index (χ0) is 27.1. The van der Waals surface area contributed by atoms with Gasteiger partial charge in [0.1, 0.15) is 5.60 Å². The first kappa shape index (κ1) is 26.7. The Labute approximate surface area is 223 Å². The van der Waals surface area contributed by atoms with Gasteiger partial charge in [0.15, 0.2) is 11.6 Å². The van der Waals surface area contributed by atoms with Crippen LogP contribution in [-0.4, -0.2) is 47.1 Å². The quantitative estimate of drug-likeness (QED) is 0.477. The number of halogens is 1. The summed E-state index contributed by atoms with van der Waals surface area (Å²) in [5.74, 6) is 0.297. The average Bonchev–Trinajstić information content (AvgIpc) is 3.29. The van der Waals surface area contributed by atoms with Crippen molar-refractivity contribution in [1.29, 1.82) is 0 Å². The SMILES string of the molecule is CC(=O)N[C@@H](Cc1cc(F)c2c(c1)OCO2)[C@@H](O)CN[C@H]1CC2(CCC2)Oc2ncc(CC(C)(C)C)cc21. The van der Waals surface area contributed by atoms with Crippen molar-refractivity contribution in [3.05, 3.63) is 46.9 Å². The Hall–Kier alpha value is -2.91. The van der Waals surface area contributed by atoms with E-state index >= 15 is 0 Å². The first-order chi connectivity index (χ1) is 18.0. The number of aromatic nitrogens is 1. The smallest absolute Gasteiger partial charge is 0.231 e. The van der Waals surface area contributed by atoms with Crippen LogP contribution in [0.1, 0.15) is 76.1 Å². The summed E-state index contributed by atoms with van der Waals surface area (Å²) in [6, 6.07) is 4.56. The molecule has 2 aliphatic heterocycles. The molecule has 0 bridgehead atoms. The summed E-state index contributed by atoms with van der Waals surface area (Å²) in [4.78, 5) is 16.7. The lowest BCUT2D eigenvalue weighted by atomic mass is 9.73. The third kappa shape index (κ3) is 5.89. The highest BCUT2D eigenvalue weighted by Gasteiger charge is 2.46. The third-order valence-electron chi connectivity index (χ3n) is 7.57. The van der Waals surface area contributed by atoms with Gasteiger partial charge < -0.3 is 30.0 Å². The minimum atomic E-state index is -0.915. The number of rotatable bonds is 8. The molecule has 2 aromatic rings. The molecule has 1 aromatic carbocycles. The standard InChI is InChI=1S/C29H38FN3O5/c1-17(34)33-22(10-18-9-21(30)26-25(11-18)36-16-37-26)24(35)15-31-23-13-29(6-5-7-29)38-27-20(23)8-19(14-32-27)12-28(2,3)4/h8-9,11,14,22-24,31,35H,5-7,10,12-13,15-16H2,1-4H3,(H,33,34)/t22-,23-,24-/m0/s1. The Morgan fingerprint density at radius 1 is 1.24 bits per heavy atom. The Balaban J connectivity index is 1.32. The molecule has 206 valence electrons. The average molecular weight is 528 g/mol. The van der Waals surface area contributed by atoms with Gasteiger partial charge in [-0.15, -0.1) is 0 Å². The van der Waals surface area contributed by atoms with Gasteiger partial charge in [0.25, 0.3) is 0 Å². The zero-order valence-electron chi connectivity index (χ0n) is 22.6. The molecule has 1 aromatic heterocycles. The van der Waals surface area contributed by atoms with Gasteiger partial charge in [-0.05, 0) is 66.8 Å². The second-order valence-corrected chi connectivity index (χ2v) is 12.2. The normalized spacial score (nSPS) is 20.7. The number of hydrogen-bond acceptors (Lipinski definition) is 7. The van der Waals surface area contributed by atoms with Crippen molar-refractivity contribution in [2.24, 2.45) is 5.41 Å². The maximum Gasteiger partial charge on any atom is 0.231 e. The minimum Gasteiger partial charge on any atom is -0.471 e. The van der Waals surface area contributed by atoms with Crippen molar-refractivity contribution in [2.75, 3.05) is 13.3 Å². The van der Waals surface area contributed by atoms with Crippen LogP contribution in [0.15, 0.2) is 24.4 Å². The number of carbonyl (C=O) groups excluding carboxylic acids is 1. The maximum absolute atomic E-state index is 14.5. The van der Waals surface area contributed by atoms with E-state index in [4.69, 9.17) is 14.2 Å². The minimum absolute atomic E-state index is 0.0300. The number of aliphatic hydroxyl groups excluding tert-OH is 1. The predicted octanol–water partition coefficient (Wildman–Crippen LogP) is 3.98. The van der Waals surface area contributed by atoms with Crippen LogP contribution in [0.5, 0.6) is 17.4 Å². The summed E-state index contributed by atoms with van der Waals surface area (Å²) in [6.07, 6.45) is 6.03. The molecular formula is C29H38FN3O5. The molecule has 3 aliphatic rings. The Kier molecular flexibility index (Phi) is 7.26. The van der Waals surface area contributed by atoms with Gasteiger partial charge in [-0.3, -0.25) is 4.79 Å². The largest absolute Gasteiger partial charge is 0.471 e. The lowest BCUT2D eigenvalue weighted by molar-refractivity contribution is -0.120. The van der Waals surface area contributed by atoms with Crippen molar-refractivity contribution in [1.82, 2.24) is 15.6 Å². The van der Waals surface area contributed by atoms with Crippen molar-refractivity contribution in [3.8, 4) is 17.4 Å². The molecule has 1 amide bonds. The van der Waals surface area contributed by atoms with Gasteiger partial charge in [-0.2, -0.15) is 0 Å². The molecule has 9 heteroatoms.